The minimum Gasteiger partial charge on any atom is -0.494 e. The maximum absolute atomic E-state index is 13.3. The van der Waals surface area contributed by atoms with Crippen molar-refractivity contribution in [3.05, 3.63) is 47.2 Å². The van der Waals surface area contributed by atoms with Gasteiger partial charge in [-0.3, -0.25) is 9.59 Å². The molecule has 3 aromatic rings. The number of carbonyl (C=O) groups is 2. The van der Waals surface area contributed by atoms with E-state index in [9.17, 15) is 9.59 Å². The van der Waals surface area contributed by atoms with Gasteiger partial charge >= 0.3 is 0 Å². The van der Waals surface area contributed by atoms with Crippen LogP contribution in [-0.2, 0) is 12.0 Å². The molecule has 4 N–H and O–H groups in total. The lowest BCUT2D eigenvalue weighted by molar-refractivity contribution is 0.0955. The number of nitrogens with one attached hydrogen (secondary N) is 2. The van der Waals surface area contributed by atoms with E-state index in [-0.39, 0.29) is 23.7 Å². The molecule has 0 aliphatic rings. The van der Waals surface area contributed by atoms with Crippen molar-refractivity contribution in [3.8, 4) is 11.5 Å². The third-order valence-corrected chi connectivity index (χ3v) is 5.81. The number of nitrogens with two attached hydrogens (primary N) is 1. The number of benzene rings is 2. The van der Waals surface area contributed by atoms with Crippen LogP contribution in [0.4, 0.5) is 11.5 Å². The molecule has 8 heteroatoms. The van der Waals surface area contributed by atoms with Crippen LogP contribution in [-0.4, -0.2) is 44.1 Å². The number of carbonyl (C=O) groups excluding carboxylic acids is 2. The summed E-state index contributed by atoms with van der Waals surface area (Å²) in [6.07, 6.45) is 1.81. The first-order chi connectivity index (χ1) is 16.0. The van der Waals surface area contributed by atoms with Crippen LogP contribution in [0.15, 0.2) is 30.5 Å². The van der Waals surface area contributed by atoms with Gasteiger partial charge in [0.2, 0.25) is 0 Å². The molecule has 2 aromatic carbocycles. The third kappa shape index (κ3) is 4.66. The quantitative estimate of drug-likeness (QED) is 0.429. The fourth-order valence-electron chi connectivity index (χ4n) is 4.03. The topological polar surface area (TPSA) is 108 Å². The molecule has 1 aromatic heterocycles. The van der Waals surface area contributed by atoms with Gasteiger partial charge in [0, 0.05) is 42.2 Å². The summed E-state index contributed by atoms with van der Waals surface area (Å²) >= 11 is 0. The summed E-state index contributed by atoms with van der Waals surface area (Å²) in [6.45, 7) is 8.57. The van der Waals surface area contributed by atoms with E-state index in [1.807, 2.05) is 19.2 Å². The monoisotopic (exact) mass is 466 g/mol. The van der Waals surface area contributed by atoms with Crippen LogP contribution in [0.1, 0.15) is 54.0 Å². The van der Waals surface area contributed by atoms with Gasteiger partial charge in [0.05, 0.1) is 31.5 Å². The highest BCUT2D eigenvalue weighted by atomic mass is 16.5. The Morgan fingerprint density at radius 1 is 1.12 bits per heavy atom. The van der Waals surface area contributed by atoms with Gasteiger partial charge in [-0.1, -0.05) is 20.8 Å². The highest BCUT2D eigenvalue weighted by Crippen LogP contribution is 2.38. The van der Waals surface area contributed by atoms with Gasteiger partial charge < -0.3 is 30.4 Å². The van der Waals surface area contributed by atoms with Gasteiger partial charge in [0.1, 0.15) is 17.3 Å². The molecule has 182 valence electrons. The Bertz CT molecular complexity index is 1240. The molecule has 0 aliphatic heterocycles. The Labute approximate surface area is 200 Å². The van der Waals surface area contributed by atoms with Crippen LogP contribution in [0.25, 0.3) is 10.8 Å². The second kappa shape index (κ2) is 9.67. The van der Waals surface area contributed by atoms with Crippen molar-refractivity contribution in [2.24, 2.45) is 0 Å². The summed E-state index contributed by atoms with van der Waals surface area (Å²) in [6, 6.07) is 7.18. The molecule has 0 saturated heterocycles. The van der Waals surface area contributed by atoms with Crippen LogP contribution in [0.5, 0.6) is 11.5 Å². The second-order valence-corrected chi connectivity index (χ2v) is 9.12. The minimum atomic E-state index is -0.263. The van der Waals surface area contributed by atoms with Crippen LogP contribution >= 0.6 is 0 Å². The first kappa shape index (κ1) is 25.0. The molecular weight excluding hydrogens is 432 g/mol. The van der Waals surface area contributed by atoms with Crippen molar-refractivity contribution in [1.29, 1.82) is 0 Å². The third-order valence-electron chi connectivity index (χ3n) is 5.81. The Morgan fingerprint density at radius 3 is 2.38 bits per heavy atom. The summed E-state index contributed by atoms with van der Waals surface area (Å²) in [4.78, 5) is 25.7. The smallest absolute Gasteiger partial charge is 0.254 e. The number of amides is 1. The molecule has 1 amide bonds. The fraction of sp³-hybridized carbons (Fsp3) is 0.385. The molecule has 0 bridgehead atoms. The van der Waals surface area contributed by atoms with E-state index >= 15 is 0 Å². The van der Waals surface area contributed by atoms with E-state index < -0.39 is 0 Å². The summed E-state index contributed by atoms with van der Waals surface area (Å²) in [5, 5.41) is 7.24. The van der Waals surface area contributed by atoms with Gasteiger partial charge in [-0.15, -0.1) is 0 Å². The minimum absolute atomic E-state index is 0.0544. The fourth-order valence-corrected chi connectivity index (χ4v) is 4.03. The summed E-state index contributed by atoms with van der Waals surface area (Å²) in [5.41, 5.74) is 8.84. The Morgan fingerprint density at radius 2 is 1.82 bits per heavy atom. The molecule has 1 heterocycles. The van der Waals surface area contributed by atoms with Crippen LogP contribution in [0, 0.1) is 0 Å². The van der Waals surface area contributed by atoms with E-state index in [0.717, 1.165) is 22.4 Å². The number of ether oxygens (including phenoxy) is 2. The Balaban J connectivity index is 2.05. The SMILES string of the molecule is CCOc1cc2cn(CC(=O)c3cc(NC)c(OC)c(C(C)(C)C)c3)c(N)c2cc1C(=O)NC. The zero-order valence-corrected chi connectivity index (χ0v) is 21.0. The number of anilines is 2. The van der Waals surface area contributed by atoms with Crippen LogP contribution < -0.4 is 25.8 Å². The highest BCUT2D eigenvalue weighted by Gasteiger charge is 2.24. The molecular formula is C26H34N4O4. The molecule has 0 spiro atoms. The Kier molecular flexibility index (Phi) is 7.09. The van der Waals surface area contributed by atoms with Gasteiger partial charge in [-0.25, -0.2) is 0 Å². The predicted octanol–water partition coefficient (Wildman–Crippen LogP) is 4.21. The number of rotatable bonds is 8. The maximum atomic E-state index is 13.3. The maximum Gasteiger partial charge on any atom is 0.254 e. The molecule has 0 aliphatic carbocycles. The summed E-state index contributed by atoms with van der Waals surface area (Å²) in [7, 11) is 4.99. The average Bonchev–Trinajstić information content (AvgIpc) is 3.10. The molecule has 0 saturated carbocycles. The average molecular weight is 467 g/mol. The second-order valence-electron chi connectivity index (χ2n) is 9.12. The number of hydrogen-bond acceptors (Lipinski definition) is 6. The predicted molar refractivity (Wildman–Crippen MR) is 136 cm³/mol. The van der Waals surface area contributed by atoms with Gasteiger partial charge in [0.15, 0.2) is 5.78 Å². The molecule has 0 radical (unpaired) electrons. The largest absolute Gasteiger partial charge is 0.494 e. The number of nitrogens with zero attached hydrogens (tertiary/aromatic N) is 1. The number of aromatic nitrogens is 1. The number of hydrogen-bond donors (Lipinski definition) is 3. The van der Waals surface area contributed by atoms with Crippen molar-refractivity contribution < 1.29 is 19.1 Å². The number of Topliss-reactive ketones (excluding diaryl/α,β-unsaturated/α-hetero) is 1. The van der Waals surface area contributed by atoms with Crippen LogP contribution in [0.3, 0.4) is 0 Å². The number of methoxy groups -OCH3 is 1. The number of fused-ring (bicyclic) bond motifs is 1. The van der Waals surface area contributed by atoms with Crippen molar-refractivity contribution in [2.45, 2.75) is 39.7 Å². The van der Waals surface area contributed by atoms with Crippen molar-refractivity contribution >= 4 is 34.0 Å². The van der Waals surface area contributed by atoms with Crippen molar-refractivity contribution in [2.75, 3.05) is 38.9 Å². The zero-order chi connectivity index (χ0) is 25.2. The number of ketones is 1. The van der Waals surface area contributed by atoms with E-state index in [1.54, 1.807) is 44.0 Å². The lowest BCUT2D eigenvalue weighted by Crippen LogP contribution is -2.19. The molecule has 0 atom stereocenters. The van der Waals surface area contributed by atoms with Crippen molar-refractivity contribution in [3.63, 3.8) is 0 Å². The summed E-state index contributed by atoms with van der Waals surface area (Å²) in [5.74, 6) is 1.26. The zero-order valence-electron chi connectivity index (χ0n) is 21.0. The van der Waals surface area contributed by atoms with Crippen molar-refractivity contribution in [1.82, 2.24) is 9.88 Å². The summed E-state index contributed by atoms with van der Waals surface area (Å²) < 4.78 is 13.0. The van der Waals surface area contributed by atoms with E-state index in [4.69, 9.17) is 15.2 Å². The molecule has 34 heavy (non-hydrogen) atoms. The standard InChI is InChI=1S/C26H34N4O4/c1-8-34-22-11-16-13-30(24(27)17(16)12-18(22)25(32)29-6)14-21(31)15-9-19(26(2,3)4)23(33-7)20(10-15)28-5/h9-13,28H,8,14,27H2,1-7H3,(H,29,32). The lowest BCUT2D eigenvalue weighted by atomic mass is 9.84. The first-order valence-corrected chi connectivity index (χ1v) is 11.3. The van der Waals surface area contributed by atoms with Gasteiger partial charge in [0.25, 0.3) is 5.91 Å². The van der Waals surface area contributed by atoms with Crippen LogP contribution in [0.2, 0.25) is 0 Å². The lowest BCUT2D eigenvalue weighted by Gasteiger charge is -2.25. The van der Waals surface area contributed by atoms with Gasteiger partial charge in [-0.2, -0.15) is 0 Å². The Hall–Kier alpha value is -3.68. The molecule has 0 fully saturated rings. The normalized spacial score (nSPS) is 11.4. The van der Waals surface area contributed by atoms with Gasteiger partial charge in [-0.05, 0) is 36.6 Å². The van der Waals surface area contributed by atoms with E-state index in [2.05, 4.69) is 31.4 Å². The highest BCUT2D eigenvalue weighted by molar-refractivity contribution is 6.05. The van der Waals surface area contributed by atoms with E-state index in [1.165, 1.54) is 0 Å². The number of nitrogen functional groups attached to an aromatic ring is 1. The first-order valence-electron chi connectivity index (χ1n) is 11.3. The molecule has 8 nitrogen and oxygen atoms in total. The molecule has 3 rings (SSSR count). The van der Waals surface area contributed by atoms with E-state index in [0.29, 0.717) is 34.7 Å². The molecule has 0 unspecified atom stereocenters.